The van der Waals surface area contributed by atoms with Gasteiger partial charge in [-0.3, -0.25) is 0 Å². The van der Waals surface area contributed by atoms with E-state index < -0.39 is 10.0 Å². The van der Waals surface area contributed by atoms with Crippen LogP contribution in [0.15, 0.2) is 35.5 Å². The molecule has 106 valence electrons. The van der Waals surface area contributed by atoms with Gasteiger partial charge in [0.2, 0.25) is 10.0 Å². The van der Waals surface area contributed by atoms with Crippen LogP contribution in [0.4, 0.5) is 0 Å². The molecule has 0 aliphatic rings. The maximum absolute atomic E-state index is 11.5. The van der Waals surface area contributed by atoms with Gasteiger partial charge in [0.1, 0.15) is 12.4 Å². The molecule has 0 fully saturated rings. The van der Waals surface area contributed by atoms with Gasteiger partial charge in [-0.1, -0.05) is 0 Å². The van der Waals surface area contributed by atoms with Gasteiger partial charge in [-0.15, -0.1) is 0 Å². The maximum atomic E-state index is 11.5. The number of aromatic nitrogens is 2. The van der Waals surface area contributed by atoms with Crippen molar-refractivity contribution in [2.75, 3.05) is 0 Å². The van der Waals surface area contributed by atoms with E-state index in [4.69, 9.17) is 9.88 Å². The van der Waals surface area contributed by atoms with Crippen LogP contribution in [-0.2, 0) is 16.6 Å². The molecular weight excluding hydrogens is 278 g/mol. The molecular formula is C13H15N3O3S. The largest absolute Gasteiger partial charge is 0.486 e. The summed E-state index contributed by atoms with van der Waals surface area (Å²) in [5.41, 5.74) is 1.10. The molecule has 20 heavy (non-hydrogen) atoms. The first kappa shape index (κ1) is 14.4. The molecule has 1 aromatic heterocycles. The van der Waals surface area contributed by atoms with Crippen molar-refractivity contribution in [3.8, 4) is 5.75 Å². The molecule has 0 saturated heterocycles. The van der Waals surface area contributed by atoms with Crippen LogP contribution in [-0.4, -0.2) is 18.4 Å². The third-order valence-electron chi connectivity index (χ3n) is 2.71. The normalized spacial score (nSPS) is 11.3. The van der Waals surface area contributed by atoms with Crippen LogP contribution in [0.25, 0.3) is 0 Å². The molecule has 7 heteroatoms. The quantitative estimate of drug-likeness (QED) is 0.917. The van der Waals surface area contributed by atoms with E-state index in [-0.39, 0.29) is 11.5 Å². The van der Waals surface area contributed by atoms with Crippen molar-refractivity contribution in [3.63, 3.8) is 0 Å². The van der Waals surface area contributed by atoms with Crippen molar-refractivity contribution in [1.82, 2.24) is 9.97 Å². The van der Waals surface area contributed by atoms with Gasteiger partial charge in [0.25, 0.3) is 0 Å². The van der Waals surface area contributed by atoms with Crippen LogP contribution < -0.4 is 9.88 Å². The summed E-state index contributed by atoms with van der Waals surface area (Å²) in [5.74, 6) is 1.11. The number of benzene rings is 1. The second kappa shape index (κ2) is 5.56. The molecule has 0 spiro atoms. The number of aryl methyl sites for hydroxylation is 2. The van der Waals surface area contributed by atoms with Gasteiger partial charge in [0, 0.05) is 12.4 Å². The number of rotatable bonds is 4. The minimum atomic E-state index is -3.73. The summed E-state index contributed by atoms with van der Waals surface area (Å²) in [7, 11) is -3.73. The Labute approximate surface area is 117 Å². The fourth-order valence-electron chi connectivity index (χ4n) is 2.00. The molecule has 0 aliphatic heterocycles. The average Bonchev–Trinajstić information content (AvgIpc) is 2.35. The van der Waals surface area contributed by atoms with Crippen molar-refractivity contribution in [2.45, 2.75) is 25.3 Å². The van der Waals surface area contributed by atoms with Crippen molar-refractivity contribution < 1.29 is 13.2 Å². The number of hydrogen-bond donors (Lipinski definition) is 1. The van der Waals surface area contributed by atoms with E-state index in [0.717, 1.165) is 0 Å². The average molecular weight is 293 g/mol. The Balaban J connectivity index is 2.23. The fraction of sp³-hybridized carbons (Fsp3) is 0.231. The van der Waals surface area contributed by atoms with Crippen molar-refractivity contribution >= 4 is 10.0 Å². The molecule has 0 saturated carbocycles. The maximum Gasteiger partial charge on any atom is 0.238 e. The molecule has 0 radical (unpaired) electrons. The topological polar surface area (TPSA) is 95.2 Å². The Hall–Kier alpha value is -1.99. The van der Waals surface area contributed by atoms with E-state index in [1.165, 1.54) is 0 Å². The van der Waals surface area contributed by atoms with Crippen LogP contribution in [0.5, 0.6) is 5.75 Å². The first-order valence-corrected chi connectivity index (χ1v) is 7.45. The van der Waals surface area contributed by atoms with E-state index >= 15 is 0 Å². The molecule has 0 aliphatic carbocycles. The fourth-order valence-corrected chi connectivity index (χ4v) is 3.01. The van der Waals surface area contributed by atoms with Gasteiger partial charge in [0.15, 0.2) is 5.82 Å². The highest BCUT2D eigenvalue weighted by Gasteiger charge is 2.16. The SMILES string of the molecule is Cc1cc(OCc2ncccn2)cc(C)c1S(N)(=O)=O. The lowest BCUT2D eigenvalue weighted by Crippen LogP contribution is -2.15. The highest BCUT2D eigenvalue weighted by atomic mass is 32.2. The number of hydrogen-bond acceptors (Lipinski definition) is 5. The molecule has 2 N–H and O–H groups in total. The number of primary sulfonamides is 1. The van der Waals surface area contributed by atoms with Crippen molar-refractivity contribution in [1.29, 1.82) is 0 Å². The Morgan fingerprint density at radius 2 is 1.70 bits per heavy atom. The highest BCUT2D eigenvalue weighted by molar-refractivity contribution is 7.89. The molecule has 0 unspecified atom stereocenters. The van der Waals surface area contributed by atoms with E-state index in [9.17, 15) is 8.42 Å². The number of ether oxygens (including phenoxy) is 1. The zero-order valence-electron chi connectivity index (χ0n) is 11.2. The predicted octanol–water partition coefficient (Wildman–Crippen LogP) is 1.32. The van der Waals surface area contributed by atoms with Crippen LogP contribution in [0.3, 0.4) is 0 Å². The second-order valence-corrected chi connectivity index (χ2v) is 5.88. The summed E-state index contributed by atoms with van der Waals surface area (Å²) in [6.45, 7) is 3.58. The lowest BCUT2D eigenvalue weighted by Gasteiger charge is -2.11. The molecule has 0 atom stereocenters. The Bertz CT molecular complexity index is 692. The van der Waals surface area contributed by atoms with Gasteiger partial charge >= 0.3 is 0 Å². The van der Waals surface area contributed by atoms with E-state index in [1.54, 1.807) is 44.4 Å². The summed E-state index contributed by atoms with van der Waals surface area (Å²) in [4.78, 5) is 8.23. The van der Waals surface area contributed by atoms with Crippen LogP contribution in [0.1, 0.15) is 17.0 Å². The molecule has 2 rings (SSSR count). The summed E-state index contributed by atoms with van der Waals surface area (Å²) < 4.78 is 28.5. The second-order valence-electron chi connectivity index (χ2n) is 4.38. The lowest BCUT2D eigenvalue weighted by atomic mass is 10.1. The third kappa shape index (κ3) is 3.31. The van der Waals surface area contributed by atoms with Crippen LogP contribution >= 0.6 is 0 Å². The molecule has 0 amide bonds. The van der Waals surface area contributed by atoms with E-state index in [1.807, 2.05) is 0 Å². The highest BCUT2D eigenvalue weighted by Crippen LogP contribution is 2.25. The van der Waals surface area contributed by atoms with Gasteiger partial charge in [0.05, 0.1) is 4.90 Å². The standard InChI is InChI=1S/C13H15N3O3S/c1-9-6-11(7-10(2)13(9)20(14,17)18)19-8-12-15-4-3-5-16-12/h3-7H,8H2,1-2H3,(H2,14,17,18). The zero-order valence-corrected chi connectivity index (χ0v) is 12.0. The monoisotopic (exact) mass is 293 g/mol. The van der Waals surface area contributed by atoms with Gasteiger partial charge < -0.3 is 4.74 Å². The Kier molecular flexibility index (Phi) is 4.01. The van der Waals surface area contributed by atoms with Crippen molar-refractivity contribution in [2.24, 2.45) is 5.14 Å². The first-order valence-electron chi connectivity index (χ1n) is 5.90. The van der Waals surface area contributed by atoms with Crippen LogP contribution in [0, 0.1) is 13.8 Å². The predicted molar refractivity (Wildman–Crippen MR) is 73.7 cm³/mol. The smallest absolute Gasteiger partial charge is 0.238 e. The Morgan fingerprint density at radius 3 is 2.20 bits per heavy atom. The van der Waals surface area contributed by atoms with Gasteiger partial charge in [-0.25, -0.2) is 23.5 Å². The third-order valence-corrected chi connectivity index (χ3v) is 3.92. The van der Waals surface area contributed by atoms with Crippen molar-refractivity contribution in [3.05, 3.63) is 47.5 Å². The van der Waals surface area contributed by atoms with Crippen LogP contribution in [0.2, 0.25) is 0 Å². The van der Waals surface area contributed by atoms with Gasteiger partial charge in [-0.05, 0) is 43.2 Å². The molecule has 1 heterocycles. The number of nitrogens with two attached hydrogens (primary N) is 1. The summed E-state index contributed by atoms with van der Waals surface area (Å²) in [6.07, 6.45) is 3.26. The molecule has 1 aromatic carbocycles. The molecule has 2 aromatic rings. The summed E-state index contributed by atoms with van der Waals surface area (Å²) in [6, 6.07) is 4.99. The minimum absolute atomic E-state index is 0.140. The lowest BCUT2D eigenvalue weighted by molar-refractivity contribution is 0.295. The number of nitrogens with zero attached hydrogens (tertiary/aromatic N) is 2. The minimum Gasteiger partial charge on any atom is -0.486 e. The number of sulfonamides is 1. The van der Waals surface area contributed by atoms with Gasteiger partial charge in [-0.2, -0.15) is 0 Å². The first-order chi connectivity index (χ1) is 9.38. The van der Waals surface area contributed by atoms with E-state index in [2.05, 4.69) is 9.97 Å². The molecule has 6 nitrogen and oxygen atoms in total. The summed E-state index contributed by atoms with van der Waals surface area (Å²) in [5, 5.41) is 5.18. The van der Waals surface area contributed by atoms with E-state index in [0.29, 0.717) is 22.7 Å². The summed E-state index contributed by atoms with van der Waals surface area (Å²) >= 11 is 0. The molecule has 0 bridgehead atoms. The Morgan fingerprint density at radius 1 is 1.15 bits per heavy atom. The zero-order chi connectivity index (χ0) is 14.8.